The van der Waals surface area contributed by atoms with Crippen molar-refractivity contribution in [3.8, 4) is 0 Å². The first kappa shape index (κ1) is 10.7. The number of benzene rings is 1. The second kappa shape index (κ2) is 4.36. The summed E-state index contributed by atoms with van der Waals surface area (Å²) in [4.78, 5) is 0. The van der Waals surface area contributed by atoms with Gasteiger partial charge in [0.05, 0.1) is 6.10 Å². The van der Waals surface area contributed by atoms with Gasteiger partial charge in [-0.05, 0) is 49.1 Å². The first-order chi connectivity index (χ1) is 7.18. The third-order valence-electron chi connectivity index (χ3n) is 3.66. The molecule has 1 N–H and O–H groups in total. The van der Waals surface area contributed by atoms with E-state index in [9.17, 15) is 5.11 Å². The fourth-order valence-electron chi connectivity index (χ4n) is 2.19. The number of aliphatic hydroxyl groups excluding tert-OH is 1. The highest BCUT2D eigenvalue weighted by atomic mass is 16.3. The average Bonchev–Trinajstić information content (AvgIpc) is 3.04. The fraction of sp³-hybridized carbons (Fsp3) is 0.571. The molecular formula is C14H20O. The van der Waals surface area contributed by atoms with Crippen molar-refractivity contribution in [1.29, 1.82) is 0 Å². The largest absolute Gasteiger partial charge is 0.392 e. The minimum Gasteiger partial charge on any atom is -0.392 e. The summed E-state index contributed by atoms with van der Waals surface area (Å²) in [5.41, 5.74) is 2.58. The highest BCUT2D eigenvalue weighted by Crippen LogP contribution is 2.38. The molecule has 82 valence electrons. The first-order valence-electron chi connectivity index (χ1n) is 5.91. The van der Waals surface area contributed by atoms with E-state index in [1.807, 2.05) is 0 Å². The van der Waals surface area contributed by atoms with Crippen LogP contribution in [0, 0.1) is 18.8 Å². The van der Waals surface area contributed by atoms with Crippen LogP contribution in [0.1, 0.15) is 30.9 Å². The van der Waals surface area contributed by atoms with Crippen LogP contribution in [0.25, 0.3) is 0 Å². The summed E-state index contributed by atoms with van der Waals surface area (Å²) in [7, 11) is 0. The first-order valence-corrected chi connectivity index (χ1v) is 5.91. The zero-order valence-corrected chi connectivity index (χ0v) is 9.61. The molecule has 0 amide bonds. The van der Waals surface area contributed by atoms with E-state index in [4.69, 9.17) is 0 Å². The van der Waals surface area contributed by atoms with Gasteiger partial charge in [-0.25, -0.2) is 0 Å². The summed E-state index contributed by atoms with van der Waals surface area (Å²) in [6.45, 7) is 4.30. The van der Waals surface area contributed by atoms with E-state index in [1.54, 1.807) is 0 Å². The van der Waals surface area contributed by atoms with Crippen LogP contribution in [0.3, 0.4) is 0 Å². The van der Waals surface area contributed by atoms with Gasteiger partial charge in [-0.3, -0.25) is 0 Å². The van der Waals surface area contributed by atoms with Crippen LogP contribution < -0.4 is 0 Å². The van der Waals surface area contributed by atoms with Gasteiger partial charge in [-0.2, -0.15) is 0 Å². The molecule has 1 saturated carbocycles. The summed E-state index contributed by atoms with van der Waals surface area (Å²) >= 11 is 0. The fourth-order valence-corrected chi connectivity index (χ4v) is 2.19. The van der Waals surface area contributed by atoms with Crippen molar-refractivity contribution in [2.75, 3.05) is 0 Å². The van der Waals surface area contributed by atoms with Gasteiger partial charge >= 0.3 is 0 Å². The molecule has 1 fully saturated rings. The molecule has 15 heavy (non-hydrogen) atoms. The molecule has 1 aliphatic rings. The molecule has 0 bridgehead atoms. The maximum Gasteiger partial charge on any atom is 0.0608 e. The summed E-state index contributed by atoms with van der Waals surface area (Å²) in [6.07, 6.45) is 3.26. The van der Waals surface area contributed by atoms with Crippen molar-refractivity contribution >= 4 is 0 Å². The van der Waals surface area contributed by atoms with Gasteiger partial charge in [0.2, 0.25) is 0 Å². The van der Waals surface area contributed by atoms with Gasteiger partial charge in [0.25, 0.3) is 0 Å². The Balaban J connectivity index is 1.98. The number of hydrogen-bond acceptors (Lipinski definition) is 1. The van der Waals surface area contributed by atoms with Gasteiger partial charge in [0.1, 0.15) is 0 Å². The number of hydrogen-bond donors (Lipinski definition) is 1. The Hall–Kier alpha value is -0.820. The SMILES string of the molecule is Cc1ccccc1CC(O)C(C)C1CC1. The molecule has 0 heterocycles. The maximum absolute atomic E-state index is 10.1. The van der Waals surface area contributed by atoms with Crippen LogP contribution in [0.15, 0.2) is 24.3 Å². The molecule has 0 saturated heterocycles. The van der Waals surface area contributed by atoms with Gasteiger partial charge in [0.15, 0.2) is 0 Å². The van der Waals surface area contributed by atoms with Crippen LogP contribution in [0.5, 0.6) is 0 Å². The molecule has 1 aliphatic carbocycles. The molecule has 1 aromatic carbocycles. The van der Waals surface area contributed by atoms with Gasteiger partial charge in [0, 0.05) is 0 Å². The highest BCUT2D eigenvalue weighted by Gasteiger charge is 2.32. The third kappa shape index (κ3) is 2.60. The van der Waals surface area contributed by atoms with Crippen LogP contribution >= 0.6 is 0 Å². The topological polar surface area (TPSA) is 20.2 Å². The van der Waals surface area contributed by atoms with E-state index in [0.717, 1.165) is 12.3 Å². The lowest BCUT2D eigenvalue weighted by atomic mass is 9.92. The van der Waals surface area contributed by atoms with Crippen LogP contribution in [-0.2, 0) is 6.42 Å². The molecule has 2 atom stereocenters. The van der Waals surface area contributed by atoms with E-state index < -0.39 is 0 Å². The summed E-state index contributed by atoms with van der Waals surface area (Å²) in [5, 5.41) is 10.1. The molecule has 2 unspecified atom stereocenters. The van der Waals surface area contributed by atoms with Gasteiger partial charge in [-0.15, -0.1) is 0 Å². The lowest BCUT2D eigenvalue weighted by molar-refractivity contribution is 0.105. The second-order valence-corrected chi connectivity index (χ2v) is 4.89. The Morgan fingerprint density at radius 3 is 2.60 bits per heavy atom. The third-order valence-corrected chi connectivity index (χ3v) is 3.66. The number of aryl methyl sites for hydroxylation is 1. The molecule has 2 rings (SSSR count). The summed E-state index contributed by atoms with van der Waals surface area (Å²) in [5.74, 6) is 1.24. The lowest BCUT2D eigenvalue weighted by Gasteiger charge is -2.19. The molecule has 0 aromatic heterocycles. The Morgan fingerprint density at radius 2 is 2.00 bits per heavy atom. The van der Waals surface area contributed by atoms with E-state index in [-0.39, 0.29) is 6.10 Å². The molecule has 1 aromatic rings. The van der Waals surface area contributed by atoms with Crippen molar-refractivity contribution < 1.29 is 5.11 Å². The average molecular weight is 204 g/mol. The van der Waals surface area contributed by atoms with Crippen molar-refractivity contribution in [2.24, 2.45) is 11.8 Å². The Bertz CT molecular complexity index is 328. The van der Waals surface area contributed by atoms with Crippen molar-refractivity contribution in [1.82, 2.24) is 0 Å². The molecule has 1 nitrogen and oxygen atoms in total. The molecular weight excluding hydrogens is 184 g/mol. The van der Waals surface area contributed by atoms with E-state index in [1.165, 1.54) is 24.0 Å². The Labute approximate surface area is 92.1 Å². The van der Waals surface area contributed by atoms with Gasteiger partial charge < -0.3 is 5.11 Å². The number of rotatable bonds is 4. The minimum atomic E-state index is -0.168. The maximum atomic E-state index is 10.1. The molecule has 1 heteroatoms. The van der Waals surface area contributed by atoms with Crippen molar-refractivity contribution in [2.45, 2.75) is 39.2 Å². The van der Waals surface area contributed by atoms with Crippen molar-refractivity contribution in [3.63, 3.8) is 0 Å². The van der Waals surface area contributed by atoms with Crippen LogP contribution in [0.2, 0.25) is 0 Å². The zero-order chi connectivity index (χ0) is 10.8. The lowest BCUT2D eigenvalue weighted by Crippen LogP contribution is -2.22. The molecule has 0 spiro atoms. The Kier molecular flexibility index (Phi) is 3.11. The summed E-state index contributed by atoms with van der Waals surface area (Å²) < 4.78 is 0. The van der Waals surface area contributed by atoms with E-state index >= 15 is 0 Å². The second-order valence-electron chi connectivity index (χ2n) is 4.89. The molecule has 0 radical (unpaired) electrons. The van der Waals surface area contributed by atoms with Crippen molar-refractivity contribution in [3.05, 3.63) is 35.4 Å². The number of aliphatic hydroxyl groups is 1. The minimum absolute atomic E-state index is 0.168. The van der Waals surface area contributed by atoms with E-state index in [2.05, 4.69) is 38.1 Å². The van der Waals surface area contributed by atoms with Crippen LogP contribution in [0.4, 0.5) is 0 Å². The monoisotopic (exact) mass is 204 g/mol. The quantitative estimate of drug-likeness (QED) is 0.799. The predicted octanol–water partition coefficient (Wildman–Crippen LogP) is 2.94. The highest BCUT2D eigenvalue weighted by molar-refractivity contribution is 5.26. The van der Waals surface area contributed by atoms with Gasteiger partial charge in [-0.1, -0.05) is 31.2 Å². The zero-order valence-electron chi connectivity index (χ0n) is 9.61. The molecule has 0 aliphatic heterocycles. The summed E-state index contributed by atoms with van der Waals surface area (Å²) in [6, 6.07) is 8.34. The predicted molar refractivity (Wildman–Crippen MR) is 62.8 cm³/mol. The standard InChI is InChI=1S/C14H20O/c1-10-5-3-4-6-13(10)9-14(15)11(2)12-7-8-12/h3-6,11-12,14-15H,7-9H2,1-2H3. The van der Waals surface area contributed by atoms with E-state index in [0.29, 0.717) is 5.92 Å². The van der Waals surface area contributed by atoms with Crippen LogP contribution in [-0.4, -0.2) is 11.2 Å². The normalized spacial score (nSPS) is 19.9. The smallest absolute Gasteiger partial charge is 0.0608 e. The Morgan fingerprint density at radius 1 is 1.33 bits per heavy atom.